The second-order valence-electron chi connectivity index (χ2n) is 7.13. The van der Waals surface area contributed by atoms with Crippen molar-refractivity contribution in [2.75, 3.05) is 31.2 Å². The number of morpholine rings is 1. The molecule has 3 rings (SSSR count). The van der Waals surface area contributed by atoms with Gasteiger partial charge in [-0.1, -0.05) is 31.0 Å². The highest BCUT2D eigenvalue weighted by molar-refractivity contribution is 8.00. The van der Waals surface area contributed by atoms with E-state index in [4.69, 9.17) is 4.74 Å². The van der Waals surface area contributed by atoms with E-state index in [0.29, 0.717) is 13.2 Å². The topological polar surface area (TPSA) is 96.1 Å². The maximum Gasteiger partial charge on any atom is 0.234 e. The summed E-state index contributed by atoms with van der Waals surface area (Å²) in [6, 6.07) is 2.34. The monoisotopic (exact) mass is 392 g/mol. The molecular formula is C18H28N6O2S. The number of rotatable bonds is 6. The molecule has 1 amide bonds. The van der Waals surface area contributed by atoms with Crippen molar-refractivity contribution in [1.82, 2.24) is 20.1 Å². The van der Waals surface area contributed by atoms with Gasteiger partial charge in [-0.3, -0.25) is 9.36 Å². The van der Waals surface area contributed by atoms with Crippen LogP contribution in [0.2, 0.25) is 0 Å². The summed E-state index contributed by atoms with van der Waals surface area (Å²) in [6.07, 6.45) is 4.58. The summed E-state index contributed by atoms with van der Waals surface area (Å²) in [5.41, 5.74) is -0.707. The van der Waals surface area contributed by atoms with Crippen LogP contribution in [0.5, 0.6) is 0 Å². The van der Waals surface area contributed by atoms with Crippen LogP contribution in [-0.4, -0.2) is 57.8 Å². The summed E-state index contributed by atoms with van der Waals surface area (Å²) >= 11 is 1.40. The lowest BCUT2D eigenvalue weighted by Gasteiger charge is -2.32. The molecule has 1 aromatic heterocycles. The molecule has 0 bridgehead atoms. The van der Waals surface area contributed by atoms with E-state index in [1.807, 2.05) is 11.5 Å². The zero-order valence-electron chi connectivity index (χ0n) is 16.1. The van der Waals surface area contributed by atoms with Crippen molar-refractivity contribution in [1.29, 1.82) is 5.26 Å². The van der Waals surface area contributed by atoms with E-state index < -0.39 is 5.54 Å². The van der Waals surface area contributed by atoms with Gasteiger partial charge in [0.2, 0.25) is 11.9 Å². The molecule has 1 aliphatic carbocycles. The molecule has 27 heavy (non-hydrogen) atoms. The summed E-state index contributed by atoms with van der Waals surface area (Å²) in [4.78, 5) is 14.9. The Hall–Kier alpha value is -1.79. The largest absolute Gasteiger partial charge is 0.378 e. The minimum absolute atomic E-state index is 0.109. The van der Waals surface area contributed by atoms with E-state index in [1.165, 1.54) is 11.8 Å². The number of thioether (sulfide) groups is 1. The van der Waals surface area contributed by atoms with Gasteiger partial charge in [-0.05, 0) is 26.7 Å². The Morgan fingerprint density at radius 2 is 2.04 bits per heavy atom. The van der Waals surface area contributed by atoms with Crippen molar-refractivity contribution in [3.63, 3.8) is 0 Å². The summed E-state index contributed by atoms with van der Waals surface area (Å²) in [5.74, 6) is 0.721. The zero-order valence-corrected chi connectivity index (χ0v) is 16.9. The molecule has 148 valence electrons. The normalized spacial score (nSPS) is 20.7. The average molecular weight is 393 g/mol. The predicted molar refractivity (Wildman–Crippen MR) is 104 cm³/mol. The van der Waals surface area contributed by atoms with E-state index in [0.717, 1.165) is 62.8 Å². The molecule has 1 atom stereocenters. The summed E-state index contributed by atoms with van der Waals surface area (Å²) in [7, 11) is 0. The van der Waals surface area contributed by atoms with E-state index in [2.05, 4.69) is 33.4 Å². The maximum atomic E-state index is 12.7. The van der Waals surface area contributed by atoms with E-state index in [9.17, 15) is 10.1 Å². The first-order valence-corrected chi connectivity index (χ1v) is 10.6. The van der Waals surface area contributed by atoms with Crippen LogP contribution in [0.15, 0.2) is 5.16 Å². The molecule has 1 aromatic rings. The fourth-order valence-corrected chi connectivity index (χ4v) is 4.52. The van der Waals surface area contributed by atoms with Gasteiger partial charge in [-0.15, -0.1) is 10.2 Å². The Morgan fingerprint density at radius 3 is 2.67 bits per heavy atom. The smallest absolute Gasteiger partial charge is 0.234 e. The van der Waals surface area contributed by atoms with Crippen LogP contribution < -0.4 is 10.2 Å². The third kappa shape index (κ3) is 4.55. The van der Waals surface area contributed by atoms with Gasteiger partial charge in [-0.25, -0.2) is 0 Å². The first kappa shape index (κ1) is 20.0. The highest BCUT2D eigenvalue weighted by atomic mass is 32.2. The van der Waals surface area contributed by atoms with Crippen molar-refractivity contribution in [3.05, 3.63) is 0 Å². The van der Waals surface area contributed by atoms with E-state index in [1.54, 1.807) is 0 Å². The van der Waals surface area contributed by atoms with E-state index >= 15 is 0 Å². The van der Waals surface area contributed by atoms with Gasteiger partial charge in [0.25, 0.3) is 0 Å². The molecule has 1 saturated heterocycles. The molecule has 1 N–H and O–H groups in total. The number of carbonyl (C=O) groups is 1. The lowest BCUT2D eigenvalue weighted by atomic mass is 9.83. The van der Waals surface area contributed by atoms with Crippen molar-refractivity contribution >= 4 is 23.6 Å². The molecule has 2 fully saturated rings. The number of anilines is 1. The van der Waals surface area contributed by atoms with Crippen LogP contribution in [0.1, 0.15) is 46.0 Å². The summed E-state index contributed by atoms with van der Waals surface area (Å²) in [5, 5.41) is 21.6. The SMILES string of the molecule is CCn1c(S[C@H](C)C(=O)NC2(C#N)CCCCC2)nnc1N1CCOCC1. The lowest BCUT2D eigenvalue weighted by Crippen LogP contribution is -2.51. The Balaban J connectivity index is 1.66. The summed E-state index contributed by atoms with van der Waals surface area (Å²) in [6.45, 7) is 7.61. The highest BCUT2D eigenvalue weighted by Gasteiger charge is 2.35. The third-order valence-corrected chi connectivity index (χ3v) is 6.32. The van der Waals surface area contributed by atoms with Crippen LogP contribution in [0.4, 0.5) is 5.95 Å². The number of nitriles is 1. The molecule has 0 unspecified atom stereocenters. The van der Waals surface area contributed by atoms with Crippen LogP contribution in [0.3, 0.4) is 0 Å². The van der Waals surface area contributed by atoms with Crippen molar-refractivity contribution < 1.29 is 9.53 Å². The van der Waals surface area contributed by atoms with Crippen LogP contribution >= 0.6 is 11.8 Å². The number of amides is 1. The average Bonchev–Trinajstić information content (AvgIpc) is 3.11. The fourth-order valence-electron chi connectivity index (χ4n) is 3.61. The molecular weight excluding hydrogens is 364 g/mol. The molecule has 8 nitrogen and oxygen atoms in total. The minimum Gasteiger partial charge on any atom is -0.378 e. The van der Waals surface area contributed by atoms with Crippen LogP contribution in [-0.2, 0) is 16.1 Å². The standard InChI is InChI=1S/C18H28N6O2S/c1-3-24-16(23-9-11-26-12-10-23)21-22-17(24)27-14(2)15(25)20-18(13-19)7-5-4-6-8-18/h14H,3-12H2,1-2H3,(H,20,25)/t14-/m1/s1. The first-order chi connectivity index (χ1) is 13.1. The van der Waals surface area contributed by atoms with Crippen molar-refractivity contribution in [3.8, 4) is 6.07 Å². The number of hydrogen-bond donors (Lipinski definition) is 1. The van der Waals surface area contributed by atoms with Gasteiger partial charge in [0.15, 0.2) is 5.16 Å². The fraction of sp³-hybridized carbons (Fsp3) is 0.778. The Labute approximate surface area is 164 Å². The second-order valence-corrected chi connectivity index (χ2v) is 8.44. The minimum atomic E-state index is -0.707. The number of ether oxygens (including phenoxy) is 1. The molecule has 9 heteroatoms. The molecule has 0 spiro atoms. The number of hydrogen-bond acceptors (Lipinski definition) is 7. The van der Waals surface area contributed by atoms with Crippen molar-refractivity contribution in [2.24, 2.45) is 0 Å². The molecule has 0 radical (unpaired) electrons. The Morgan fingerprint density at radius 1 is 1.33 bits per heavy atom. The van der Waals surface area contributed by atoms with Gasteiger partial charge >= 0.3 is 0 Å². The summed E-state index contributed by atoms with van der Waals surface area (Å²) < 4.78 is 7.45. The van der Waals surface area contributed by atoms with Crippen molar-refractivity contribution in [2.45, 2.75) is 68.4 Å². The molecule has 2 aliphatic rings. The van der Waals surface area contributed by atoms with E-state index in [-0.39, 0.29) is 11.2 Å². The Bertz CT molecular complexity index is 689. The Kier molecular flexibility index (Phi) is 6.60. The number of nitrogens with one attached hydrogen (secondary N) is 1. The highest BCUT2D eigenvalue weighted by Crippen LogP contribution is 2.30. The molecule has 1 saturated carbocycles. The quantitative estimate of drug-likeness (QED) is 0.739. The van der Waals surface area contributed by atoms with Gasteiger partial charge in [-0.2, -0.15) is 5.26 Å². The lowest BCUT2D eigenvalue weighted by molar-refractivity contribution is -0.121. The predicted octanol–water partition coefficient (Wildman–Crippen LogP) is 1.96. The first-order valence-electron chi connectivity index (χ1n) is 9.74. The number of nitrogens with zero attached hydrogens (tertiary/aromatic N) is 5. The molecule has 1 aliphatic heterocycles. The van der Waals surface area contributed by atoms with Gasteiger partial charge in [0.05, 0.1) is 24.5 Å². The third-order valence-electron chi connectivity index (χ3n) is 5.24. The van der Waals surface area contributed by atoms with Crippen LogP contribution in [0, 0.1) is 11.3 Å². The number of carbonyl (C=O) groups excluding carboxylic acids is 1. The number of aromatic nitrogens is 3. The van der Waals surface area contributed by atoms with Gasteiger partial charge in [0.1, 0.15) is 5.54 Å². The van der Waals surface area contributed by atoms with Gasteiger partial charge in [0, 0.05) is 19.6 Å². The van der Waals surface area contributed by atoms with Gasteiger partial charge < -0.3 is 15.0 Å². The maximum absolute atomic E-state index is 12.7. The molecule has 2 heterocycles. The van der Waals surface area contributed by atoms with Crippen LogP contribution in [0.25, 0.3) is 0 Å². The zero-order chi connectivity index (χ0) is 19.3. The molecule has 0 aromatic carbocycles. The second kappa shape index (κ2) is 8.93.